The van der Waals surface area contributed by atoms with E-state index in [9.17, 15) is 19.2 Å². The maximum atomic E-state index is 15.0. The average molecular weight is 1090 g/mol. The molecular weight excluding hydrogens is 1030 g/mol. The van der Waals surface area contributed by atoms with E-state index in [0.717, 1.165) is 152 Å². The van der Waals surface area contributed by atoms with Crippen LogP contribution in [-0.4, -0.2) is 9.13 Å². The van der Waals surface area contributed by atoms with Gasteiger partial charge in [0.15, 0.2) is 0 Å². The number of hydrogen-bond donors (Lipinski definition) is 0. The maximum absolute atomic E-state index is 15.0. The van der Waals surface area contributed by atoms with Crippen molar-refractivity contribution in [1.82, 2.24) is 9.13 Å². The van der Waals surface area contributed by atoms with Crippen LogP contribution in [0.25, 0.3) is 152 Å². The molecule has 0 saturated carbocycles. The first kappa shape index (κ1) is 51.4. The third-order valence-electron chi connectivity index (χ3n) is 18.7. The molecule has 0 amide bonds. The minimum Gasteiger partial charge on any atom is -0.268 e. The van der Waals surface area contributed by atoms with Crippen molar-refractivity contribution in [3.05, 3.63) is 234 Å². The Hall–Kier alpha value is -9.52. The lowest BCUT2D eigenvalue weighted by atomic mass is 9.88. The minimum absolute atomic E-state index is 0.0600. The van der Waals surface area contributed by atoms with Gasteiger partial charge < -0.3 is 0 Å². The first-order valence-corrected chi connectivity index (χ1v) is 29.5. The number of benzene rings is 10. The quantitative estimate of drug-likeness (QED) is 0.152. The van der Waals surface area contributed by atoms with E-state index in [1.807, 2.05) is 38.1 Å². The summed E-state index contributed by atoms with van der Waals surface area (Å²) in [4.78, 5) is 59.9. The highest BCUT2D eigenvalue weighted by atomic mass is 16.2. The predicted octanol–water partition coefficient (Wildman–Crippen LogP) is 19.4. The van der Waals surface area contributed by atoms with Crippen molar-refractivity contribution in [2.24, 2.45) is 0 Å². The van der Waals surface area contributed by atoms with Gasteiger partial charge in [-0.05, 0) is 265 Å². The number of allylic oxidation sites excluding steroid dienone is 2. The number of hydrogen-bond acceptors (Lipinski definition) is 4. The summed E-state index contributed by atoms with van der Waals surface area (Å²) >= 11 is 0. The van der Waals surface area contributed by atoms with Crippen LogP contribution in [0.5, 0.6) is 0 Å². The van der Waals surface area contributed by atoms with Gasteiger partial charge in [0.05, 0.1) is 11.4 Å². The predicted molar refractivity (Wildman–Crippen MR) is 360 cm³/mol. The summed E-state index contributed by atoms with van der Waals surface area (Å²) < 4.78 is 2.90. The van der Waals surface area contributed by atoms with Crippen molar-refractivity contribution in [2.45, 2.75) is 92.9 Å². The van der Waals surface area contributed by atoms with E-state index in [0.29, 0.717) is 32.9 Å². The molecule has 6 heteroatoms. The molecule has 15 aromatic rings. The molecule has 2 heterocycles. The number of aromatic nitrogens is 2. The molecule has 0 saturated heterocycles. The molecule has 0 fully saturated rings. The molecule has 0 aliphatic rings. The van der Waals surface area contributed by atoms with E-state index in [-0.39, 0.29) is 45.9 Å². The van der Waals surface area contributed by atoms with Crippen molar-refractivity contribution in [2.75, 3.05) is 0 Å². The molecule has 408 valence electrons. The highest BCUT2D eigenvalue weighted by Gasteiger charge is 2.28. The highest BCUT2D eigenvalue weighted by molar-refractivity contribution is 6.38. The van der Waals surface area contributed by atoms with Crippen LogP contribution in [0.4, 0.5) is 0 Å². The monoisotopic (exact) mass is 1090 g/mol. The van der Waals surface area contributed by atoms with Gasteiger partial charge in [-0.25, -0.2) is 9.13 Å². The lowest BCUT2D eigenvalue weighted by Crippen LogP contribution is -2.33. The molecular formula is C78H62N2O4. The standard InChI is InChI=1S/C78H62N2O4/c1-37(2)47-29-61(39(5)6)73(62(30-47)40(7)8)79-75(81)57-21-17-53-65-33-49-25-43-13-15-45-27-51-35-67-55-19-23-59-72-60(78(84)80(77(59)83)74-63(41(9)10)31-48(38(3)4)32-64(74)42(11)12)24-20-56(70(55)72)68(67)36-52(51)28-46(45)16-14-44(43)26-50(49)34-66(65)54-18-22-58(76(79)82)71(57)69(53)54/h13-36,39-42H,1,3H2,2,4-12H3. The summed E-state index contributed by atoms with van der Waals surface area (Å²) in [7, 11) is 0. The molecule has 0 unspecified atom stereocenters. The molecule has 15 rings (SSSR count). The Labute approximate surface area is 484 Å². The van der Waals surface area contributed by atoms with Gasteiger partial charge in [0.25, 0.3) is 22.2 Å². The third kappa shape index (κ3) is 7.09. The summed E-state index contributed by atoms with van der Waals surface area (Å²) in [5.41, 5.74) is 7.97. The van der Waals surface area contributed by atoms with Crippen molar-refractivity contribution >= 4 is 140 Å². The molecule has 0 aliphatic carbocycles. The van der Waals surface area contributed by atoms with Gasteiger partial charge in [0, 0.05) is 32.3 Å². The molecule has 0 bridgehead atoms. The van der Waals surface area contributed by atoms with Crippen LogP contribution in [0.15, 0.2) is 178 Å². The summed E-state index contributed by atoms with van der Waals surface area (Å²) in [6, 6.07) is 51.5. The van der Waals surface area contributed by atoms with Crippen LogP contribution in [0.1, 0.15) is 126 Å². The smallest absolute Gasteiger partial charge is 0.266 e. The molecule has 0 radical (unpaired) electrons. The summed E-state index contributed by atoms with van der Waals surface area (Å²) in [5, 5.41) is 22.8. The molecule has 0 N–H and O–H groups in total. The fourth-order valence-electron chi connectivity index (χ4n) is 14.4. The molecule has 0 aliphatic heterocycles. The van der Waals surface area contributed by atoms with Crippen molar-refractivity contribution in [3.8, 4) is 11.4 Å². The van der Waals surface area contributed by atoms with Gasteiger partial charge in [0.1, 0.15) is 0 Å². The second kappa shape index (κ2) is 18.0. The summed E-state index contributed by atoms with van der Waals surface area (Å²) in [5.74, 6) is 0.240. The van der Waals surface area contributed by atoms with E-state index in [1.165, 1.54) is 9.13 Å². The fraction of sp³-hybridized carbons (Fsp3) is 0.179. The highest BCUT2D eigenvalue weighted by Crippen LogP contribution is 2.46. The average Bonchev–Trinajstić information content (AvgIpc) is 4.04. The number of pyridine rings is 2. The van der Waals surface area contributed by atoms with E-state index in [2.05, 4.69) is 190 Å². The molecule has 2 aromatic heterocycles. The van der Waals surface area contributed by atoms with Crippen molar-refractivity contribution in [3.63, 3.8) is 0 Å². The Morgan fingerprint density at radius 2 is 0.500 bits per heavy atom. The summed E-state index contributed by atoms with van der Waals surface area (Å²) in [6.45, 7) is 29.4. The van der Waals surface area contributed by atoms with Gasteiger partial charge in [0.2, 0.25) is 0 Å². The Balaban J connectivity index is 0.866. The van der Waals surface area contributed by atoms with E-state index in [1.54, 1.807) is 0 Å². The van der Waals surface area contributed by atoms with Gasteiger partial charge >= 0.3 is 0 Å². The van der Waals surface area contributed by atoms with Crippen LogP contribution in [0.3, 0.4) is 0 Å². The Morgan fingerprint density at radius 3 is 0.714 bits per heavy atom. The molecule has 6 nitrogen and oxygen atoms in total. The van der Waals surface area contributed by atoms with Crippen molar-refractivity contribution in [1.29, 1.82) is 0 Å². The van der Waals surface area contributed by atoms with Gasteiger partial charge in [-0.15, -0.1) is 0 Å². The van der Waals surface area contributed by atoms with Gasteiger partial charge in [-0.1, -0.05) is 128 Å². The Morgan fingerprint density at radius 1 is 0.286 bits per heavy atom. The van der Waals surface area contributed by atoms with Gasteiger partial charge in [-0.2, -0.15) is 0 Å². The van der Waals surface area contributed by atoms with E-state index < -0.39 is 0 Å². The first-order chi connectivity index (χ1) is 40.3. The van der Waals surface area contributed by atoms with Crippen LogP contribution in [0, 0.1) is 0 Å². The molecule has 84 heavy (non-hydrogen) atoms. The zero-order valence-corrected chi connectivity index (χ0v) is 49.1. The fourth-order valence-corrected chi connectivity index (χ4v) is 14.4. The van der Waals surface area contributed by atoms with Crippen LogP contribution >= 0.6 is 0 Å². The van der Waals surface area contributed by atoms with Crippen LogP contribution < -0.4 is 22.2 Å². The van der Waals surface area contributed by atoms with Crippen LogP contribution in [0.2, 0.25) is 0 Å². The number of nitrogens with zero attached hydrogens (tertiary/aromatic N) is 2. The second-order valence-electron chi connectivity index (χ2n) is 25.3. The zero-order chi connectivity index (χ0) is 58.4. The van der Waals surface area contributed by atoms with Crippen molar-refractivity contribution < 1.29 is 0 Å². The lowest BCUT2D eigenvalue weighted by Gasteiger charge is -2.23. The number of fused-ring (bicyclic) bond motifs is 10. The largest absolute Gasteiger partial charge is 0.268 e. The SMILES string of the molecule is C=C(C)c1cc(C(C)C)c(-n2c(=O)c3ccc4c5cc6cc7ccc8cc9cc%10c(cc9cc8ccc7cc6cc5c5ccc(c2=O)c3c45)c2ccc3c(=O)n(-c4c(C(C)C)cc(C(=C)C)cc4C(C)C)c(=O)c4ccc%10c2c43)c(C(C)C)c1. The topological polar surface area (TPSA) is 78.1 Å². The molecule has 0 atom stereocenters. The normalized spacial score (nSPS) is 12.6. The maximum Gasteiger partial charge on any atom is 0.266 e. The first-order valence-electron chi connectivity index (χ1n) is 29.5. The lowest BCUT2D eigenvalue weighted by molar-refractivity contribution is 0.791. The summed E-state index contributed by atoms with van der Waals surface area (Å²) in [6.07, 6.45) is 0. The second-order valence-corrected chi connectivity index (χ2v) is 25.3. The zero-order valence-electron chi connectivity index (χ0n) is 49.1. The minimum atomic E-state index is -0.293. The Bertz CT molecular complexity index is 5100. The molecule has 13 aromatic carbocycles. The van der Waals surface area contributed by atoms with Gasteiger partial charge in [-0.3, -0.25) is 19.2 Å². The third-order valence-corrected chi connectivity index (χ3v) is 18.7. The molecule has 0 spiro atoms. The number of rotatable bonds is 8. The van der Waals surface area contributed by atoms with Crippen LogP contribution in [-0.2, 0) is 0 Å². The van der Waals surface area contributed by atoms with E-state index in [4.69, 9.17) is 0 Å². The Kier molecular flexibility index (Phi) is 11.0. The van der Waals surface area contributed by atoms with E-state index >= 15 is 0 Å².